The average molecular weight is 359 g/mol. The Hall–Kier alpha value is -3.03. The molecular weight excluding hydrogens is 343 g/mol. The highest BCUT2D eigenvalue weighted by atomic mass is 19.1. The van der Waals surface area contributed by atoms with E-state index in [9.17, 15) is 13.2 Å². The Labute approximate surface area is 148 Å². The summed E-state index contributed by atoms with van der Waals surface area (Å²) in [6.07, 6.45) is 3.49. The number of benzene rings is 2. The van der Waals surface area contributed by atoms with Gasteiger partial charge < -0.3 is 10.2 Å². The van der Waals surface area contributed by atoms with Gasteiger partial charge >= 0.3 is 0 Å². The van der Waals surface area contributed by atoms with Crippen molar-refractivity contribution in [2.45, 2.75) is 12.8 Å². The Bertz CT molecular complexity index is 934. The zero-order valence-corrected chi connectivity index (χ0v) is 13.8. The first-order valence-electron chi connectivity index (χ1n) is 8.28. The molecule has 2 heterocycles. The standard InChI is InChI=1S/C18H16F3N5/c19-12-3-4-17(16(21)9-12)26-11-22-18(24-26)23-14-7-13(20)8-15(10-14)25-5-1-2-6-25/h3-4,7-11H,1-2,5-6H2,(H,23,24). The first-order valence-corrected chi connectivity index (χ1v) is 8.28. The molecule has 26 heavy (non-hydrogen) atoms. The van der Waals surface area contributed by atoms with Gasteiger partial charge in [0.1, 0.15) is 23.6 Å². The van der Waals surface area contributed by atoms with Gasteiger partial charge in [-0.15, -0.1) is 5.10 Å². The molecule has 8 heteroatoms. The lowest BCUT2D eigenvalue weighted by Crippen LogP contribution is -2.17. The third kappa shape index (κ3) is 3.35. The van der Waals surface area contributed by atoms with E-state index in [1.807, 2.05) is 6.07 Å². The topological polar surface area (TPSA) is 46.0 Å². The summed E-state index contributed by atoms with van der Waals surface area (Å²) in [4.78, 5) is 6.17. The second kappa shape index (κ2) is 6.70. The van der Waals surface area contributed by atoms with Crippen LogP contribution in [0.3, 0.4) is 0 Å². The van der Waals surface area contributed by atoms with Crippen molar-refractivity contribution in [3.63, 3.8) is 0 Å². The molecule has 0 unspecified atom stereocenters. The predicted molar refractivity (Wildman–Crippen MR) is 92.4 cm³/mol. The molecular formula is C18H16F3N5. The Morgan fingerprint density at radius 2 is 1.73 bits per heavy atom. The summed E-state index contributed by atoms with van der Waals surface area (Å²) >= 11 is 0. The summed E-state index contributed by atoms with van der Waals surface area (Å²) in [6, 6.07) is 7.86. The highest BCUT2D eigenvalue weighted by Crippen LogP contribution is 2.26. The first kappa shape index (κ1) is 16.4. The molecule has 1 aliphatic heterocycles. The van der Waals surface area contributed by atoms with Crippen LogP contribution in [-0.2, 0) is 0 Å². The summed E-state index contributed by atoms with van der Waals surface area (Å²) < 4.78 is 42.0. The minimum Gasteiger partial charge on any atom is -0.371 e. The third-order valence-corrected chi connectivity index (χ3v) is 4.26. The van der Waals surface area contributed by atoms with Gasteiger partial charge in [0.15, 0.2) is 5.82 Å². The lowest BCUT2D eigenvalue weighted by molar-refractivity contribution is 0.573. The number of anilines is 3. The van der Waals surface area contributed by atoms with Gasteiger partial charge in [0, 0.05) is 30.5 Å². The number of hydrogen-bond acceptors (Lipinski definition) is 4. The monoisotopic (exact) mass is 359 g/mol. The van der Waals surface area contributed by atoms with Crippen LogP contribution in [0.15, 0.2) is 42.7 Å². The number of rotatable bonds is 4. The van der Waals surface area contributed by atoms with E-state index in [-0.39, 0.29) is 17.5 Å². The molecule has 0 amide bonds. The molecule has 134 valence electrons. The van der Waals surface area contributed by atoms with Crippen molar-refractivity contribution in [3.05, 3.63) is 60.2 Å². The van der Waals surface area contributed by atoms with Crippen LogP contribution in [0.25, 0.3) is 5.69 Å². The second-order valence-corrected chi connectivity index (χ2v) is 6.13. The van der Waals surface area contributed by atoms with Crippen molar-refractivity contribution in [1.29, 1.82) is 0 Å². The maximum absolute atomic E-state index is 13.9. The molecule has 0 saturated carbocycles. The Kier molecular flexibility index (Phi) is 4.24. The SMILES string of the molecule is Fc1cc(Nc2ncn(-c3ccc(F)cc3F)n2)cc(N2CCCC2)c1. The summed E-state index contributed by atoms with van der Waals surface area (Å²) in [5.41, 5.74) is 1.38. The van der Waals surface area contributed by atoms with Crippen LogP contribution >= 0.6 is 0 Å². The van der Waals surface area contributed by atoms with Gasteiger partial charge in [-0.1, -0.05) is 0 Å². The lowest BCUT2D eigenvalue weighted by Gasteiger charge is -2.18. The fourth-order valence-electron chi connectivity index (χ4n) is 3.04. The summed E-state index contributed by atoms with van der Waals surface area (Å²) in [7, 11) is 0. The highest BCUT2D eigenvalue weighted by Gasteiger charge is 2.15. The number of nitrogens with one attached hydrogen (secondary N) is 1. The maximum Gasteiger partial charge on any atom is 0.246 e. The van der Waals surface area contributed by atoms with Crippen LogP contribution in [-0.4, -0.2) is 27.9 Å². The van der Waals surface area contributed by atoms with Crippen LogP contribution in [0.1, 0.15) is 12.8 Å². The van der Waals surface area contributed by atoms with Gasteiger partial charge in [-0.25, -0.2) is 17.9 Å². The van der Waals surface area contributed by atoms with E-state index in [1.54, 1.807) is 0 Å². The van der Waals surface area contributed by atoms with E-state index in [0.29, 0.717) is 5.69 Å². The number of aromatic nitrogens is 3. The molecule has 1 N–H and O–H groups in total. The Balaban J connectivity index is 1.57. The number of nitrogens with zero attached hydrogens (tertiary/aromatic N) is 4. The van der Waals surface area contributed by atoms with E-state index in [4.69, 9.17) is 0 Å². The third-order valence-electron chi connectivity index (χ3n) is 4.26. The lowest BCUT2D eigenvalue weighted by atomic mass is 10.2. The van der Waals surface area contributed by atoms with Crippen LogP contribution < -0.4 is 10.2 Å². The van der Waals surface area contributed by atoms with Crippen molar-refractivity contribution >= 4 is 17.3 Å². The normalized spacial score (nSPS) is 14.0. The highest BCUT2D eigenvalue weighted by molar-refractivity contribution is 5.62. The molecule has 0 radical (unpaired) electrons. The quantitative estimate of drug-likeness (QED) is 0.764. The summed E-state index contributed by atoms with van der Waals surface area (Å²) in [6.45, 7) is 1.80. The van der Waals surface area contributed by atoms with E-state index >= 15 is 0 Å². The molecule has 0 spiro atoms. The fraction of sp³-hybridized carbons (Fsp3) is 0.222. The van der Waals surface area contributed by atoms with Gasteiger partial charge in [0.05, 0.1) is 0 Å². The minimum atomic E-state index is -0.747. The molecule has 0 aliphatic carbocycles. The van der Waals surface area contributed by atoms with Crippen molar-refractivity contribution in [3.8, 4) is 5.69 Å². The molecule has 4 rings (SSSR count). The first-order chi connectivity index (χ1) is 12.6. The molecule has 0 bridgehead atoms. The predicted octanol–water partition coefficient (Wildman–Crippen LogP) is 4.03. The zero-order chi connectivity index (χ0) is 18.1. The molecule has 1 aliphatic rings. The van der Waals surface area contributed by atoms with Crippen molar-refractivity contribution in [2.75, 3.05) is 23.3 Å². The maximum atomic E-state index is 13.9. The van der Waals surface area contributed by atoms with E-state index in [0.717, 1.165) is 43.8 Å². The minimum absolute atomic E-state index is 0.0731. The van der Waals surface area contributed by atoms with Crippen molar-refractivity contribution in [1.82, 2.24) is 14.8 Å². The van der Waals surface area contributed by atoms with E-state index in [2.05, 4.69) is 20.3 Å². The average Bonchev–Trinajstić information content (AvgIpc) is 3.26. The molecule has 0 atom stereocenters. The largest absolute Gasteiger partial charge is 0.371 e. The second-order valence-electron chi connectivity index (χ2n) is 6.13. The van der Waals surface area contributed by atoms with E-state index in [1.165, 1.54) is 29.2 Å². The van der Waals surface area contributed by atoms with Gasteiger partial charge in [0.2, 0.25) is 5.95 Å². The van der Waals surface area contributed by atoms with Gasteiger partial charge in [0.25, 0.3) is 0 Å². The van der Waals surface area contributed by atoms with E-state index < -0.39 is 11.6 Å². The Morgan fingerprint density at radius 3 is 2.50 bits per heavy atom. The molecule has 1 saturated heterocycles. The summed E-state index contributed by atoms with van der Waals surface area (Å²) in [5.74, 6) is -1.59. The van der Waals surface area contributed by atoms with Crippen molar-refractivity contribution < 1.29 is 13.2 Å². The Morgan fingerprint density at radius 1 is 0.923 bits per heavy atom. The zero-order valence-electron chi connectivity index (χ0n) is 13.8. The van der Waals surface area contributed by atoms with Gasteiger partial charge in [-0.05, 0) is 43.2 Å². The molecule has 3 aromatic rings. The van der Waals surface area contributed by atoms with Gasteiger partial charge in [-0.2, -0.15) is 4.98 Å². The van der Waals surface area contributed by atoms with Crippen LogP contribution in [0.4, 0.5) is 30.5 Å². The van der Waals surface area contributed by atoms with Crippen molar-refractivity contribution in [2.24, 2.45) is 0 Å². The molecule has 1 aromatic heterocycles. The van der Waals surface area contributed by atoms with Gasteiger partial charge in [-0.3, -0.25) is 0 Å². The van der Waals surface area contributed by atoms with Crippen LogP contribution in [0.5, 0.6) is 0 Å². The summed E-state index contributed by atoms with van der Waals surface area (Å²) in [5, 5.41) is 7.04. The van der Waals surface area contributed by atoms with Crippen LogP contribution in [0.2, 0.25) is 0 Å². The number of hydrogen-bond donors (Lipinski definition) is 1. The van der Waals surface area contributed by atoms with Crippen LogP contribution in [0, 0.1) is 17.5 Å². The fourth-order valence-corrected chi connectivity index (χ4v) is 3.04. The molecule has 5 nitrogen and oxygen atoms in total. The smallest absolute Gasteiger partial charge is 0.246 e. The number of halogens is 3. The molecule has 1 fully saturated rings. The molecule has 2 aromatic carbocycles.